The van der Waals surface area contributed by atoms with Crippen molar-refractivity contribution in [3.05, 3.63) is 29.8 Å². The van der Waals surface area contributed by atoms with Crippen LogP contribution in [0.25, 0.3) is 0 Å². The van der Waals surface area contributed by atoms with Crippen molar-refractivity contribution in [1.29, 1.82) is 0 Å². The number of nitrogens with one attached hydrogen (secondary N) is 4. The van der Waals surface area contributed by atoms with Crippen LogP contribution in [0.15, 0.2) is 24.3 Å². The minimum atomic E-state index is -1.18. The lowest BCUT2D eigenvalue weighted by molar-refractivity contribution is -0.142. The van der Waals surface area contributed by atoms with Gasteiger partial charge in [-0.05, 0) is 56.3 Å². The van der Waals surface area contributed by atoms with Gasteiger partial charge in [-0.2, -0.15) is 0 Å². The molecule has 0 spiro atoms. The van der Waals surface area contributed by atoms with Crippen molar-refractivity contribution in [2.75, 3.05) is 6.54 Å². The molecule has 1 aromatic rings. The molecule has 1 heterocycles. The van der Waals surface area contributed by atoms with Crippen LogP contribution < -0.4 is 21.3 Å². The van der Waals surface area contributed by atoms with E-state index in [0.29, 0.717) is 12.8 Å². The fourth-order valence-electron chi connectivity index (χ4n) is 3.61. The topological polar surface area (TPSA) is 157 Å². The van der Waals surface area contributed by atoms with Gasteiger partial charge in [0.2, 0.25) is 17.7 Å². The van der Waals surface area contributed by atoms with Gasteiger partial charge in [0.05, 0.1) is 6.04 Å². The number of benzene rings is 1. The summed E-state index contributed by atoms with van der Waals surface area (Å²) in [5, 5.41) is 29.6. The van der Waals surface area contributed by atoms with Crippen LogP contribution >= 0.6 is 0 Å². The molecular weight excluding hydrogens is 428 g/mol. The molecule has 2 rings (SSSR count). The zero-order chi connectivity index (χ0) is 24.5. The zero-order valence-corrected chi connectivity index (χ0v) is 19.3. The predicted molar refractivity (Wildman–Crippen MR) is 121 cm³/mol. The van der Waals surface area contributed by atoms with Gasteiger partial charge >= 0.3 is 5.97 Å². The standard InChI is InChI=1S/C23H34N4O6/c1-13(2)11-18(21(30)25-14(3)23(32)33)26-22(31)19(12-15-6-8-16(28)9-7-15)27-20(29)17-5-4-10-24-17/h6-9,13-14,17-19,24,28H,4-5,10-12H2,1-3H3,(H,25,30)(H,26,31)(H,27,29)(H,32,33). The highest BCUT2D eigenvalue weighted by atomic mass is 16.4. The molecule has 4 atom stereocenters. The van der Waals surface area contributed by atoms with E-state index in [1.54, 1.807) is 12.1 Å². The number of hydrogen-bond acceptors (Lipinski definition) is 6. The lowest BCUT2D eigenvalue weighted by Gasteiger charge is -2.25. The SMILES string of the molecule is CC(C)CC(NC(=O)C(Cc1ccc(O)cc1)NC(=O)C1CCCN1)C(=O)NC(C)C(=O)O. The summed E-state index contributed by atoms with van der Waals surface area (Å²) in [4.78, 5) is 49.6. The number of carbonyl (C=O) groups excluding carboxylic acids is 3. The van der Waals surface area contributed by atoms with Gasteiger partial charge in [0.25, 0.3) is 0 Å². The van der Waals surface area contributed by atoms with E-state index in [2.05, 4.69) is 21.3 Å². The van der Waals surface area contributed by atoms with Gasteiger partial charge in [0.15, 0.2) is 0 Å². The Morgan fingerprint density at radius 2 is 1.64 bits per heavy atom. The summed E-state index contributed by atoms with van der Waals surface area (Å²) >= 11 is 0. The van der Waals surface area contributed by atoms with Crippen molar-refractivity contribution in [1.82, 2.24) is 21.3 Å². The summed E-state index contributed by atoms with van der Waals surface area (Å²) in [6.45, 7) is 5.84. The van der Waals surface area contributed by atoms with Gasteiger partial charge in [-0.3, -0.25) is 19.2 Å². The van der Waals surface area contributed by atoms with Crippen LogP contribution in [-0.2, 0) is 25.6 Å². The number of phenols is 1. The van der Waals surface area contributed by atoms with Gasteiger partial charge in [-0.1, -0.05) is 26.0 Å². The van der Waals surface area contributed by atoms with E-state index in [1.807, 2.05) is 13.8 Å². The largest absolute Gasteiger partial charge is 0.508 e. The van der Waals surface area contributed by atoms with Gasteiger partial charge in [-0.25, -0.2) is 0 Å². The van der Waals surface area contributed by atoms with Crippen molar-refractivity contribution in [2.45, 2.75) is 70.6 Å². The van der Waals surface area contributed by atoms with E-state index >= 15 is 0 Å². The Balaban J connectivity index is 2.17. The summed E-state index contributed by atoms with van der Waals surface area (Å²) in [5.41, 5.74) is 0.719. The first-order valence-electron chi connectivity index (χ1n) is 11.2. The van der Waals surface area contributed by atoms with E-state index in [4.69, 9.17) is 5.11 Å². The second-order valence-corrected chi connectivity index (χ2v) is 8.84. The van der Waals surface area contributed by atoms with E-state index in [1.165, 1.54) is 19.1 Å². The average molecular weight is 463 g/mol. The van der Waals surface area contributed by atoms with Crippen molar-refractivity contribution in [2.24, 2.45) is 5.92 Å². The quantitative estimate of drug-likeness (QED) is 0.276. The highest BCUT2D eigenvalue weighted by molar-refractivity contribution is 5.94. The number of carboxylic acid groups (broad SMARTS) is 1. The number of amides is 3. The molecule has 33 heavy (non-hydrogen) atoms. The summed E-state index contributed by atoms with van der Waals surface area (Å²) in [7, 11) is 0. The van der Waals surface area contributed by atoms with Crippen LogP contribution in [0.3, 0.4) is 0 Å². The van der Waals surface area contributed by atoms with Gasteiger partial charge in [0.1, 0.15) is 23.9 Å². The van der Waals surface area contributed by atoms with E-state index < -0.39 is 35.9 Å². The lowest BCUT2D eigenvalue weighted by Crippen LogP contribution is -2.57. The fraction of sp³-hybridized carbons (Fsp3) is 0.565. The number of aromatic hydroxyl groups is 1. The first-order chi connectivity index (χ1) is 15.6. The Labute approximate surface area is 193 Å². The van der Waals surface area contributed by atoms with Gasteiger partial charge in [0, 0.05) is 6.42 Å². The minimum Gasteiger partial charge on any atom is -0.508 e. The van der Waals surface area contributed by atoms with Crippen molar-refractivity contribution in [3.8, 4) is 5.75 Å². The minimum absolute atomic E-state index is 0.0500. The zero-order valence-electron chi connectivity index (χ0n) is 19.3. The van der Waals surface area contributed by atoms with Crippen LogP contribution in [0.2, 0.25) is 0 Å². The molecule has 0 aromatic heterocycles. The predicted octanol–water partition coefficient (Wildman–Crippen LogP) is 0.292. The smallest absolute Gasteiger partial charge is 0.325 e. The number of rotatable bonds is 11. The number of hydrogen-bond donors (Lipinski definition) is 6. The van der Waals surface area contributed by atoms with E-state index in [0.717, 1.165) is 18.5 Å². The molecule has 3 amide bonds. The van der Waals surface area contributed by atoms with Crippen LogP contribution in [0.1, 0.15) is 45.6 Å². The third kappa shape index (κ3) is 8.38. The Bertz CT molecular complexity index is 836. The number of carbonyl (C=O) groups is 4. The van der Waals surface area contributed by atoms with Crippen LogP contribution in [0.5, 0.6) is 5.75 Å². The summed E-state index contributed by atoms with van der Waals surface area (Å²) in [6.07, 6.45) is 2.00. The number of aliphatic carboxylic acids is 1. The molecule has 10 nitrogen and oxygen atoms in total. The Hall–Kier alpha value is -3.14. The highest BCUT2D eigenvalue weighted by Crippen LogP contribution is 2.13. The second-order valence-electron chi connectivity index (χ2n) is 8.84. The summed E-state index contributed by atoms with van der Waals surface area (Å²) in [5.74, 6) is -2.48. The number of phenolic OH excluding ortho intramolecular Hbond substituents is 1. The Kier molecular flexibility index (Phi) is 9.65. The molecular formula is C23H34N4O6. The second kappa shape index (κ2) is 12.2. The third-order valence-electron chi connectivity index (χ3n) is 5.46. The van der Waals surface area contributed by atoms with Crippen LogP contribution in [0, 0.1) is 5.92 Å². The maximum atomic E-state index is 13.2. The molecule has 1 aromatic carbocycles. The highest BCUT2D eigenvalue weighted by Gasteiger charge is 2.31. The maximum Gasteiger partial charge on any atom is 0.325 e. The molecule has 4 unspecified atom stereocenters. The summed E-state index contributed by atoms with van der Waals surface area (Å²) in [6, 6.07) is 2.90. The van der Waals surface area contributed by atoms with E-state index in [-0.39, 0.29) is 30.0 Å². The third-order valence-corrected chi connectivity index (χ3v) is 5.46. The molecule has 1 aliphatic rings. The maximum absolute atomic E-state index is 13.2. The van der Waals surface area contributed by atoms with Gasteiger partial charge in [-0.15, -0.1) is 0 Å². The summed E-state index contributed by atoms with van der Waals surface area (Å²) < 4.78 is 0. The monoisotopic (exact) mass is 462 g/mol. The first kappa shape index (κ1) is 26.1. The Morgan fingerprint density at radius 1 is 1.00 bits per heavy atom. The number of carboxylic acids is 1. The normalized spacial score (nSPS) is 18.2. The van der Waals surface area contributed by atoms with Crippen molar-refractivity contribution >= 4 is 23.7 Å². The molecule has 1 saturated heterocycles. The lowest BCUT2D eigenvalue weighted by atomic mass is 10.0. The molecule has 0 radical (unpaired) electrons. The molecule has 0 aliphatic carbocycles. The molecule has 1 fully saturated rings. The van der Waals surface area contributed by atoms with Crippen molar-refractivity contribution in [3.63, 3.8) is 0 Å². The Morgan fingerprint density at radius 3 is 2.18 bits per heavy atom. The molecule has 0 bridgehead atoms. The van der Waals surface area contributed by atoms with Crippen LogP contribution in [0.4, 0.5) is 0 Å². The fourth-order valence-corrected chi connectivity index (χ4v) is 3.61. The van der Waals surface area contributed by atoms with Gasteiger partial charge < -0.3 is 31.5 Å². The van der Waals surface area contributed by atoms with E-state index in [9.17, 15) is 24.3 Å². The van der Waals surface area contributed by atoms with Crippen molar-refractivity contribution < 1.29 is 29.4 Å². The molecule has 1 aliphatic heterocycles. The molecule has 6 N–H and O–H groups in total. The average Bonchev–Trinajstić information content (AvgIpc) is 3.28. The molecule has 0 saturated carbocycles. The molecule has 182 valence electrons. The van der Waals surface area contributed by atoms with Crippen LogP contribution in [-0.4, -0.2) is 64.6 Å². The first-order valence-corrected chi connectivity index (χ1v) is 11.2. The molecule has 10 heteroatoms.